The zero-order valence-corrected chi connectivity index (χ0v) is 22.9. The third-order valence-electron chi connectivity index (χ3n) is 5.64. The van der Waals surface area contributed by atoms with E-state index in [1.165, 1.54) is 25.4 Å². The van der Waals surface area contributed by atoms with Gasteiger partial charge >= 0.3 is 11.9 Å². The molecule has 4 rings (SSSR count). The zero-order chi connectivity index (χ0) is 26.7. The lowest BCUT2D eigenvalue weighted by atomic mass is 10.1. The molecule has 3 heterocycles. The van der Waals surface area contributed by atoms with E-state index < -0.39 is 12.1 Å². The maximum absolute atomic E-state index is 12.6. The van der Waals surface area contributed by atoms with Crippen LogP contribution >= 0.6 is 22.9 Å². The Kier molecular flexibility index (Phi) is 8.16. The summed E-state index contributed by atoms with van der Waals surface area (Å²) in [7, 11) is 5.38. The summed E-state index contributed by atoms with van der Waals surface area (Å²) in [5.41, 5.74) is 4.30. The highest BCUT2D eigenvalue weighted by Gasteiger charge is 2.23. The highest BCUT2D eigenvalue weighted by Crippen LogP contribution is 2.40. The van der Waals surface area contributed by atoms with Crippen molar-refractivity contribution in [3.8, 4) is 16.3 Å². The second-order valence-corrected chi connectivity index (χ2v) is 10.3. The van der Waals surface area contributed by atoms with Gasteiger partial charge in [0.25, 0.3) is 0 Å². The number of fused-ring (bicyclic) bond motifs is 1. The van der Waals surface area contributed by atoms with E-state index in [1.54, 1.807) is 12.3 Å². The monoisotopic (exact) mass is 541 g/mol. The van der Waals surface area contributed by atoms with Crippen molar-refractivity contribution in [2.45, 2.75) is 33.1 Å². The topological polar surface area (TPSA) is 82.4 Å². The molecule has 10 heteroatoms. The van der Waals surface area contributed by atoms with Crippen molar-refractivity contribution in [2.75, 3.05) is 21.2 Å². The number of carbonyl (C=O) groups is 2. The lowest BCUT2D eigenvalue weighted by Crippen LogP contribution is -2.11. The molecule has 0 spiro atoms. The molecular weight excluding hydrogens is 514 g/mol. The fourth-order valence-electron chi connectivity index (χ4n) is 3.92. The molecule has 0 fully saturated rings. The number of hydrogen-bond donors (Lipinski definition) is 0. The SMILES string of the molecule is COC(=O)c1sc(-c2cnc3ccc(CN(C)C)cn23)cc1O[C@H](C)c1ccc(COC(C)=O)cc1Cl. The molecule has 1 aromatic carbocycles. The van der Waals surface area contributed by atoms with E-state index in [0.29, 0.717) is 15.6 Å². The molecule has 0 aliphatic rings. The van der Waals surface area contributed by atoms with Crippen molar-refractivity contribution >= 4 is 40.5 Å². The molecule has 0 radical (unpaired) electrons. The van der Waals surface area contributed by atoms with Gasteiger partial charge in [-0.1, -0.05) is 29.8 Å². The van der Waals surface area contributed by atoms with Crippen LogP contribution < -0.4 is 4.74 Å². The van der Waals surface area contributed by atoms with Crippen LogP contribution in [0.1, 0.15) is 46.3 Å². The zero-order valence-electron chi connectivity index (χ0n) is 21.3. The molecule has 0 unspecified atom stereocenters. The van der Waals surface area contributed by atoms with E-state index in [0.717, 1.165) is 39.5 Å². The normalized spacial score (nSPS) is 12.1. The van der Waals surface area contributed by atoms with Crippen LogP contribution in [-0.2, 0) is 27.4 Å². The smallest absolute Gasteiger partial charge is 0.351 e. The van der Waals surface area contributed by atoms with Gasteiger partial charge in [-0.15, -0.1) is 11.3 Å². The summed E-state index contributed by atoms with van der Waals surface area (Å²) in [5.74, 6) is -0.442. The van der Waals surface area contributed by atoms with Crippen LogP contribution in [0.4, 0.5) is 0 Å². The number of imidazole rings is 1. The minimum absolute atomic E-state index is 0.139. The molecule has 194 valence electrons. The minimum atomic E-state index is -0.483. The maximum atomic E-state index is 12.6. The van der Waals surface area contributed by atoms with Crippen LogP contribution in [0.5, 0.6) is 5.75 Å². The Hall–Kier alpha value is -3.40. The Morgan fingerprint density at radius 3 is 2.59 bits per heavy atom. The predicted molar refractivity (Wildman–Crippen MR) is 143 cm³/mol. The van der Waals surface area contributed by atoms with Crippen molar-refractivity contribution < 1.29 is 23.8 Å². The first-order valence-corrected chi connectivity index (χ1v) is 12.8. The molecule has 3 aromatic heterocycles. The number of carbonyl (C=O) groups excluding carboxylic acids is 2. The van der Waals surface area contributed by atoms with Gasteiger partial charge in [0.1, 0.15) is 24.1 Å². The molecule has 0 aliphatic carbocycles. The van der Waals surface area contributed by atoms with Gasteiger partial charge in [0.05, 0.1) is 23.9 Å². The lowest BCUT2D eigenvalue weighted by Gasteiger charge is -2.17. The van der Waals surface area contributed by atoms with E-state index in [-0.39, 0.29) is 12.6 Å². The summed E-state index contributed by atoms with van der Waals surface area (Å²) < 4.78 is 18.3. The number of pyridine rings is 1. The van der Waals surface area contributed by atoms with Crippen LogP contribution in [0, 0.1) is 0 Å². The third kappa shape index (κ3) is 6.12. The molecule has 0 saturated heterocycles. The van der Waals surface area contributed by atoms with Crippen molar-refractivity contribution in [1.82, 2.24) is 14.3 Å². The van der Waals surface area contributed by atoms with Gasteiger partial charge < -0.3 is 19.1 Å². The van der Waals surface area contributed by atoms with Gasteiger partial charge in [-0.3, -0.25) is 9.20 Å². The Balaban J connectivity index is 1.65. The number of thiophene rings is 1. The molecule has 0 bridgehead atoms. The van der Waals surface area contributed by atoms with Crippen molar-refractivity contribution in [3.63, 3.8) is 0 Å². The third-order valence-corrected chi connectivity index (χ3v) is 7.08. The van der Waals surface area contributed by atoms with Gasteiger partial charge in [-0.25, -0.2) is 9.78 Å². The Morgan fingerprint density at radius 2 is 1.92 bits per heavy atom. The van der Waals surface area contributed by atoms with E-state index in [1.807, 2.05) is 49.7 Å². The summed E-state index contributed by atoms with van der Waals surface area (Å²) in [5, 5.41) is 0.474. The van der Waals surface area contributed by atoms with Gasteiger partial charge in [-0.2, -0.15) is 0 Å². The van der Waals surface area contributed by atoms with E-state index in [4.69, 9.17) is 25.8 Å². The van der Waals surface area contributed by atoms with Crippen LogP contribution in [0.25, 0.3) is 16.2 Å². The van der Waals surface area contributed by atoms with Gasteiger partial charge in [0, 0.05) is 36.3 Å². The van der Waals surface area contributed by atoms with Gasteiger partial charge in [-0.05, 0) is 44.3 Å². The van der Waals surface area contributed by atoms with Gasteiger partial charge in [0.15, 0.2) is 4.88 Å². The van der Waals surface area contributed by atoms with Crippen LogP contribution in [0.15, 0.2) is 48.8 Å². The summed E-state index contributed by atoms with van der Waals surface area (Å²) >= 11 is 7.80. The molecule has 0 N–H and O–H groups in total. The second-order valence-electron chi connectivity index (χ2n) is 8.84. The maximum Gasteiger partial charge on any atom is 0.351 e. The van der Waals surface area contributed by atoms with Crippen LogP contribution in [-0.4, -0.2) is 47.4 Å². The summed E-state index contributed by atoms with van der Waals surface area (Å²) in [6, 6.07) is 11.3. The summed E-state index contributed by atoms with van der Waals surface area (Å²) in [6.45, 7) is 4.14. The highest BCUT2D eigenvalue weighted by atomic mass is 35.5. The fraction of sp³-hybridized carbons (Fsp3) is 0.296. The number of halogens is 1. The van der Waals surface area contributed by atoms with E-state index in [2.05, 4.69) is 22.1 Å². The van der Waals surface area contributed by atoms with Crippen molar-refractivity contribution in [1.29, 1.82) is 0 Å². The Morgan fingerprint density at radius 1 is 1.16 bits per heavy atom. The largest absolute Gasteiger partial charge is 0.484 e. The van der Waals surface area contributed by atoms with Crippen molar-refractivity contribution in [2.24, 2.45) is 0 Å². The minimum Gasteiger partial charge on any atom is -0.484 e. The first kappa shape index (κ1) is 26.7. The molecule has 0 amide bonds. The molecule has 0 saturated carbocycles. The van der Waals surface area contributed by atoms with Gasteiger partial charge in [0.2, 0.25) is 0 Å². The number of ether oxygens (including phenoxy) is 3. The first-order valence-electron chi connectivity index (χ1n) is 11.6. The average molecular weight is 542 g/mol. The summed E-state index contributed by atoms with van der Waals surface area (Å²) in [4.78, 5) is 31.5. The number of methoxy groups -OCH3 is 1. The predicted octanol–water partition coefficient (Wildman–Crippen LogP) is 5.77. The average Bonchev–Trinajstić information content (AvgIpc) is 3.45. The number of nitrogens with zero attached hydrogens (tertiary/aromatic N) is 3. The lowest BCUT2D eigenvalue weighted by molar-refractivity contribution is -0.142. The molecular formula is C27H28ClN3O5S. The molecule has 8 nitrogen and oxygen atoms in total. The van der Waals surface area contributed by atoms with Crippen molar-refractivity contribution in [3.05, 3.63) is 75.4 Å². The second kappa shape index (κ2) is 11.3. The molecule has 37 heavy (non-hydrogen) atoms. The number of rotatable bonds is 9. The number of esters is 2. The first-order chi connectivity index (χ1) is 17.7. The summed E-state index contributed by atoms with van der Waals surface area (Å²) in [6.07, 6.45) is 3.37. The quantitative estimate of drug-likeness (QED) is 0.249. The number of benzene rings is 1. The molecule has 0 aliphatic heterocycles. The standard InChI is InChI=1S/C27H28ClN3O5S/c1-16(20-8-6-18(10-21(20)28)15-35-17(2)32)36-23-11-24(37-26(23)27(33)34-5)22-12-29-25-9-7-19(13-30(3)4)14-31(22)25/h6-12,14,16H,13,15H2,1-5H3/t16-/m1/s1. The Labute approximate surface area is 224 Å². The van der Waals surface area contributed by atoms with E-state index >= 15 is 0 Å². The van der Waals surface area contributed by atoms with E-state index in [9.17, 15) is 9.59 Å². The van der Waals surface area contributed by atoms with Crippen LogP contribution in [0.3, 0.4) is 0 Å². The molecule has 4 aromatic rings. The fourth-order valence-corrected chi connectivity index (χ4v) is 5.29. The molecule has 1 atom stereocenters. The number of aromatic nitrogens is 2. The Bertz CT molecular complexity index is 1450. The highest BCUT2D eigenvalue weighted by molar-refractivity contribution is 7.17. The number of hydrogen-bond acceptors (Lipinski definition) is 8. The van der Waals surface area contributed by atoms with Crippen LogP contribution in [0.2, 0.25) is 5.02 Å².